The van der Waals surface area contributed by atoms with Gasteiger partial charge in [0.1, 0.15) is 17.3 Å². The molecule has 5 heteroatoms. The Balaban J connectivity index is 2.25. The van der Waals surface area contributed by atoms with Crippen molar-refractivity contribution in [1.29, 1.82) is 0 Å². The first-order chi connectivity index (χ1) is 9.61. The first-order valence-electron chi connectivity index (χ1n) is 6.56. The molecule has 0 amide bonds. The second-order valence-electron chi connectivity index (χ2n) is 4.70. The highest BCUT2D eigenvalue weighted by Crippen LogP contribution is 2.25. The van der Waals surface area contributed by atoms with E-state index in [2.05, 4.69) is 21.8 Å². The summed E-state index contributed by atoms with van der Waals surface area (Å²) in [6, 6.07) is 7.82. The summed E-state index contributed by atoms with van der Waals surface area (Å²) in [6.45, 7) is 2.84. The molecule has 1 aromatic heterocycles. The molecule has 2 aromatic rings. The van der Waals surface area contributed by atoms with Gasteiger partial charge >= 0.3 is 0 Å². The number of nitrogens with zero attached hydrogens (tertiary/aromatic N) is 3. The maximum absolute atomic E-state index is 6.18. The van der Waals surface area contributed by atoms with Crippen LogP contribution < -0.4 is 4.90 Å². The van der Waals surface area contributed by atoms with Crippen LogP contribution in [0.15, 0.2) is 30.6 Å². The number of anilines is 1. The van der Waals surface area contributed by atoms with Gasteiger partial charge in [0.25, 0.3) is 0 Å². The van der Waals surface area contributed by atoms with E-state index in [1.165, 1.54) is 6.33 Å². The van der Waals surface area contributed by atoms with E-state index in [-0.39, 0.29) is 0 Å². The first kappa shape index (κ1) is 15.1. The largest absolute Gasteiger partial charge is 0.355 e. The molecule has 0 aliphatic carbocycles. The number of hydrogen-bond donors (Lipinski definition) is 0. The van der Waals surface area contributed by atoms with E-state index < -0.39 is 0 Å². The van der Waals surface area contributed by atoms with Crippen LogP contribution in [0, 0.1) is 0 Å². The third-order valence-corrected chi connectivity index (χ3v) is 3.60. The summed E-state index contributed by atoms with van der Waals surface area (Å²) in [7, 11) is 2.00. The zero-order chi connectivity index (χ0) is 14.5. The normalized spacial score (nSPS) is 10.6. The molecule has 2 rings (SSSR count). The lowest BCUT2D eigenvalue weighted by Gasteiger charge is -2.21. The molecular formula is C15H17Cl2N3. The molecule has 20 heavy (non-hydrogen) atoms. The highest BCUT2D eigenvalue weighted by molar-refractivity contribution is 6.30. The van der Waals surface area contributed by atoms with Crippen molar-refractivity contribution in [2.45, 2.75) is 26.3 Å². The summed E-state index contributed by atoms with van der Waals surface area (Å²) in [5.74, 6) is 0.881. The minimum atomic E-state index is 0.537. The Morgan fingerprint density at radius 2 is 2.00 bits per heavy atom. The van der Waals surface area contributed by atoms with Gasteiger partial charge in [-0.15, -0.1) is 0 Å². The predicted octanol–water partition coefficient (Wildman–Crippen LogP) is 4.37. The average Bonchev–Trinajstić information content (AvgIpc) is 2.41. The minimum Gasteiger partial charge on any atom is -0.355 e. The molecule has 0 atom stereocenters. The van der Waals surface area contributed by atoms with Crippen LogP contribution in [0.25, 0.3) is 0 Å². The second-order valence-corrected chi connectivity index (χ2v) is 5.50. The summed E-state index contributed by atoms with van der Waals surface area (Å²) in [4.78, 5) is 10.5. The van der Waals surface area contributed by atoms with Crippen molar-refractivity contribution in [2.24, 2.45) is 0 Å². The van der Waals surface area contributed by atoms with Gasteiger partial charge in [0.15, 0.2) is 0 Å². The molecule has 0 fully saturated rings. The molecule has 0 aliphatic rings. The lowest BCUT2D eigenvalue weighted by molar-refractivity contribution is 0.842. The van der Waals surface area contributed by atoms with Crippen LogP contribution >= 0.6 is 23.2 Å². The lowest BCUT2D eigenvalue weighted by Crippen LogP contribution is -2.20. The van der Waals surface area contributed by atoms with Crippen LogP contribution in [0.5, 0.6) is 0 Å². The Morgan fingerprint density at radius 1 is 1.20 bits per heavy atom. The van der Waals surface area contributed by atoms with E-state index in [1.54, 1.807) is 0 Å². The number of halogens is 2. The smallest absolute Gasteiger partial charge is 0.137 e. The molecule has 1 heterocycles. The van der Waals surface area contributed by atoms with Gasteiger partial charge in [-0.1, -0.05) is 48.7 Å². The Bertz CT molecular complexity index is 587. The Kier molecular flexibility index (Phi) is 5.21. The van der Waals surface area contributed by atoms with E-state index in [4.69, 9.17) is 23.2 Å². The van der Waals surface area contributed by atoms with Crippen LogP contribution in [-0.2, 0) is 13.0 Å². The topological polar surface area (TPSA) is 29.0 Å². The van der Waals surface area contributed by atoms with Crippen molar-refractivity contribution in [3.05, 3.63) is 51.9 Å². The lowest BCUT2D eigenvalue weighted by atomic mass is 10.1. The Hall–Kier alpha value is -1.32. The summed E-state index contributed by atoms with van der Waals surface area (Å²) < 4.78 is 0. The number of hydrogen-bond acceptors (Lipinski definition) is 3. The molecule has 0 unspecified atom stereocenters. The monoisotopic (exact) mass is 309 g/mol. The van der Waals surface area contributed by atoms with Gasteiger partial charge in [-0.05, 0) is 24.1 Å². The van der Waals surface area contributed by atoms with Gasteiger partial charge in [-0.2, -0.15) is 0 Å². The molecule has 1 aromatic carbocycles. The minimum absolute atomic E-state index is 0.537. The third-order valence-electron chi connectivity index (χ3n) is 3.04. The molecule has 0 bridgehead atoms. The Labute approximate surface area is 129 Å². The van der Waals surface area contributed by atoms with Gasteiger partial charge < -0.3 is 4.90 Å². The van der Waals surface area contributed by atoms with Crippen LogP contribution in [-0.4, -0.2) is 17.0 Å². The quantitative estimate of drug-likeness (QED) is 0.768. The van der Waals surface area contributed by atoms with Gasteiger partial charge in [0, 0.05) is 24.2 Å². The highest BCUT2D eigenvalue weighted by atomic mass is 35.5. The molecule has 0 spiro atoms. The SMILES string of the molecule is CCCc1c(Cl)ncnc1N(C)Cc1cccc(Cl)c1. The van der Waals surface area contributed by atoms with E-state index in [0.717, 1.165) is 41.4 Å². The van der Waals surface area contributed by atoms with Gasteiger partial charge in [-0.25, -0.2) is 9.97 Å². The number of benzene rings is 1. The fraction of sp³-hybridized carbons (Fsp3) is 0.333. The van der Waals surface area contributed by atoms with E-state index in [1.807, 2.05) is 31.3 Å². The van der Waals surface area contributed by atoms with Gasteiger partial charge in [0.05, 0.1) is 0 Å². The van der Waals surface area contributed by atoms with E-state index in [0.29, 0.717) is 5.15 Å². The zero-order valence-corrected chi connectivity index (χ0v) is 13.1. The summed E-state index contributed by atoms with van der Waals surface area (Å²) in [6.07, 6.45) is 3.38. The fourth-order valence-corrected chi connectivity index (χ4v) is 2.60. The fourth-order valence-electron chi connectivity index (χ4n) is 2.16. The van der Waals surface area contributed by atoms with Crippen molar-refractivity contribution in [1.82, 2.24) is 9.97 Å². The third kappa shape index (κ3) is 3.62. The summed E-state index contributed by atoms with van der Waals surface area (Å²) in [5.41, 5.74) is 2.14. The molecule has 0 N–H and O–H groups in total. The van der Waals surface area contributed by atoms with Crippen LogP contribution in [0.2, 0.25) is 10.2 Å². The van der Waals surface area contributed by atoms with Crippen LogP contribution in [0.1, 0.15) is 24.5 Å². The molecule has 0 saturated heterocycles. The van der Waals surface area contributed by atoms with Crippen LogP contribution in [0.4, 0.5) is 5.82 Å². The maximum Gasteiger partial charge on any atom is 0.137 e. The second kappa shape index (κ2) is 6.91. The van der Waals surface area contributed by atoms with Crippen molar-refractivity contribution in [3.63, 3.8) is 0 Å². The number of aromatic nitrogens is 2. The standard InChI is InChI=1S/C15H17Cl2N3/c1-3-5-13-14(17)18-10-19-15(13)20(2)9-11-6-4-7-12(16)8-11/h4,6-8,10H,3,5,9H2,1-2H3. The molecule has 0 saturated carbocycles. The summed E-state index contributed by atoms with van der Waals surface area (Å²) >= 11 is 12.2. The zero-order valence-electron chi connectivity index (χ0n) is 11.6. The molecule has 3 nitrogen and oxygen atoms in total. The van der Waals surface area contributed by atoms with Crippen molar-refractivity contribution in [2.75, 3.05) is 11.9 Å². The molecule has 106 valence electrons. The first-order valence-corrected chi connectivity index (χ1v) is 7.32. The van der Waals surface area contributed by atoms with E-state index in [9.17, 15) is 0 Å². The maximum atomic E-state index is 6.18. The number of rotatable bonds is 5. The predicted molar refractivity (Wildman–Crippen MR) is 84.6 cm³/mol. The van der Waals surface area contributed by atoms with Crippen LogP contribution in [0.3, 0.4) is 0 Å². The average molecular weight is 310 g/mol. The molecule has 0 aliphatic heterocycles. The van der Waals surface area contributed by atoms with Crippen molar-refractivity contribution in [3.8, 4) is 0 Å². The van der Waals surface area contributed by atoms with Crippen molar-refractivity contribution < 1.29 is 0 Å². The molecular weight excluding hydrogens is 293 g/mol. The van der Waals surface area contributed by atoms with E-state index >= 15 is 0 Å². The van der Waals surface area contributed by atoms with Crippen molar-refractivity contribution >= 4 is 29.0 Å². The molecule has 0 radical (unpaired) electrons. The van der Waals surface area contributed by atoms with Gasteiger partial charge in [-0.3, -0.25) is 0 Å². The summed E-state index contributed by atoms with van der Waals surface area (Å²) in [5, 5.41) is 1.28. The Morgan fingerprint density at radius 3 is 2.70 bits per heavy atom. The highest BCUT2D eigenvalue weighted by Gasteiger charge is 2.13. The van der Waals surface area contributed by atoms with Gasteiger partial charge in [0.2, 0.25) is 0 Å².